The average Bonchev–Trinajstić information content (AvgIpc) is 2.68. The summed E-state index contributed by atoms with van der Waals surface area (Å²) in [5.41, 5.74) is 0. The molecule has 2 heterocycles. The van der Waals surface area contributed by atoms with Crippen molar-refractivity contribution in [3.63, 3.8) is 0 Å². The third-order valence-electron chi connectivity index (χ3n) is 5.37. The Balaban J connectivity index is 1.63. The van der Waals surface area contributed by atoms with Crippen LogP contribution in [0.4, 0.5) is 0 Å². The SMILES string of the molecule is CCOCCCNC(=O)C(C)N1CCN(CC(=O)N2CCCCC2)CC1. The minimum absolute atomic E-state index is 0.0827. The van der Waals surface area contributed by atoms with E-state index in [0.29, 0.717) is 19.7 Å². The normalized spacial score (nSPS) is 20.8. The van der Waals surface area contributed by atoms with E-state index in [1.54, 1.807) is 0 Å². The number of ether oxygens (including phenoxy) is 1. The van der Waals surface area contributed by atoms with E-state index in [4.69, 9.17) is 4.74 Å². The summed E-state index contributed by atoms with van der Waals surface area (Å²) in [6.07, 6.45) is 4.36. The summed E-state index contributed by atoms with van der Waals surface area (Å²) in [5, 5.41) is 2.99. The van der Waals surface area contributed by atoms with Gasteiger partial charge >= 0.3 is 0 Å². The Hall–Kier alpha value is -1.18. The minimum Gasteiger partial charge on any atom is -0.382 e. The Morgan fingerprint density at radius 2 is 1.73 bits per heavy atom. The number of hydrogen-bond donors (Lipinski definition) is 1. The van der Waals surface area contributed by atoms with Gasteiger partial charge in [-0.2, -0.15) is 0 Å². The van der Waals surface area contributed by atoms with Gasteiger partial charge in [0, 0.05) is 59.0 Å². The van der Waals surface area contributed by atoms with Crippen molar-refractivity contribution in [2.24, 2.45) is 0 Å². The second kappa shape index (κ2) is 11.5. The van der Waals surface area contributed by atoms with E-state index in [2.05, 4.69) is 15.1 Å². The lowest BCUT2D eigenvalue weighted by atomic mass is 10.1. The standard InChI is InChI=1S/C19H36N4O3/c1-3-26-15-7-8-20-19(25)17(2)22-13-11-21(12-14-22)16-18(24)23-9-5-4-6-10-23/h17H,3-16H2,1-2H3,(H,20,25). The van der Waals surface area contributed by atoms with Crippen LogP contribution in [-0.2, 0) is 14.3 Å². The highest BCUT2D eigenvalue weighted by Crippen LogP contribution is 2.11. The lowest BCUT2D eigenvalue weighted by molar-refractivity contribution is -0.134. The largest absolute Gasteiger partial charge is 0.382 e. The van der Waals surface area contributed by atoms with Gasteiger partial charge in [-0.05, 0) is 39.5 Å². The van der Waals surface area contributed by atoms with Crippen molar-refractivity contribution in [2.45, 2.75) is 45.6 Å². The van der Waals surface area contributed by atoms with Crippen molar-refractivity contribution in [1.29, 1.82) is 0 Å². The highest BCUT2D eigenvalue weighted by molar-refractivity contribution is 5.81. The summed E-state index contributed by atoms with van der Waals surface area (Å²) in [5.74, 6) is 0.345. The maximum absolute atomic E-state index is 12.4. The van der Waals surface area contributed by atoms with Gasteiger partial charge in [-0.25, -0.2) is 0 Å². The molecule has 2 aliphatic rings. The monoisotopic (exact) mass is 368 g/mol. The van der Waals surface area contributed by atoms with Crippen LogP contribution < -0.4 is 5.32 Å². The predicted octanol–water partition coefficient (Wildman–Crippen LogP) is 0.548. The molecule has 1 atom stereocenters. The minimum atomic E-state index is -0.123. The topological polar surface area (TPSA) is 65.1 Å². The molecule has 1 N–H and O–H groups in total. The molecule has 1 unspecified atom stereocenters. The number of nitrogens with one attached hydrogen (secondary N) is 1. The highest BCUT2D eigenvalue weighted by Gasteiger charge is 2.27. The van der Waals surface area contributed by atoms with Crippen LogP contribution in [0.2, 0.25) is 0 Å². The molecular weight excluding hydrogens is 332 g/mol. The number of nitrogens with zero attached hydrogens (tertiary/aromatic N) is 3. The first-order valence-electron chi connectivity index (χ1n) is 10.2. The Labute approximate surface area is 158 Å². The molecule has 7 heteroatoms. The summed E-state index contributed by atoms with van der Waals surface area (Å²) in [4.78, 5) is 31.1. The van der Waals surface area contributed by atoms with Crippen molar-refractivity contribution in [2.75, 3.05) is 65.6 Å². The van der Waals surface area contributed by atoms with Gasteiger partial charge in [0.1, 0.15) is 0 Å². The highest BCUT2D eigenvalue weighted by atomic mass is 16.5. The number of likely N-dealkylation sites (tertiary alicyclic amines) is 1. The van der Waals surface area contributed by atoms with Crippen LogP contribution in [-0.4, -0.2) is 98.1 Å². The van der Waals surface area contributed by atoms with E-state index in [1.165, 1.54) is 6.42 Å². The first-order valence-corrected chi connectivity index (χ1v) is 10.2. The second-order valence-electron chi connectivity index (χ2n) is 7.27. The maximum atomic E-state index is 12.4. The van der Waals surface area contributed by atoms with Crippen LogP contribution in [0.1, 0.15) is 39.5 Å². The molecule has 2 amide bonds. The molecule has 2 rings (SSSR count). The van der Waals surface area contributed by atoms with Gasteiger partial charge in [-0.15, -0.1) is 0 Å². The zero-order valence-corrected chi connectivity index (χ0v) is 16.5. The molecule has 2 fully saturated rings. The number of piperidine rings is 1. The Kier molecular flexibility index (Phi) is 9.36. The molecular formula is C19H36N4O3. The van der Waals surface area contributed by atoms with Crippen LogP contribution in [0.3, 0.4) is 0 Å². The number of carbonyl (C=O) groups excluding carboxylic acids is 2. The van der Waals surface area contributed by atoms with Crippen LogP contribution in [0, 0.1) is 0 Å². The molecule has 0 aliphatic carbocycles. The Morgan fingerprint density at radius 1 is 1.04 bits per heavy atom. The van der Waals surface area contributed by atoms with Crippen LogP contribution in [0.5, 0.6) is 0 Å². The zero-order valence-electron chi connectivity index (χ0n) is 16.5. The van der Waals surface area contributed by atoms with E-state index >= 15 is 0 Å². The third kappa shape index (κ3) is 6.85. The van der Waals surface area contributed by atoms with E-state index < -0.39 is 0 Å². The van der Waals surface area contributed by atoms with Crippen molar-refractivity contribution in [1.82, 2.24) is 20.0 Å². The van der Waals surface area contributed by atoms with E-state index in [-0.39, 0.29) is 17.9 Å². The zero-order chi connectivity index (χ0) is 18.8. The fraction of sp³-hybridized carbons (Fsp3) is 0.895. The van der Waals surface area contributed by atoms with Crippen molar-refractivity contribution in [3.8, 4) is 0 Å². The Bertz CT molecular complexity index is 433. The predicted molar refractivity (Wildman–Crippen MR) is 102 cm³/mol. The molecule has 0 aromatic carbocycles. The molecule has 2 saturated heterocycles. The van der Waals surface area contributed by atoms with Gasteiger partial charge in [0.2, 0.25) is 11.8 Å². The molecule has 2 aliphatic heterocycles. The molecule has 0 bridgehead atoms. The molecule has 0 spiro atoms. The number of piperazine rings is 1. The second-order valence-corrected chi connectivity index (χ2v) is 7.27. The molecule has 7 nitrogen and oxygen atoms in total. The van der Waals surface area contributed by atoms with Gasteiger partial charge in [-0.1, -0.05) is 0 Å². The number of carbonyl (C=O) groups is 2. The van der Waals surface area contributed by atoms with Gasteiger partial charge in [0.05, 0.1) is 12.6 Å². The van der Waals surface area contributed by atoms with Gasteiger partial charge < -0.3 is 15.0 Å². The molecule has 0 saturated carbocycles. The lowest BCUT2D eigenvalue weighted by Gasteiger charge is -2.38. The quantitative estimate of drug-likeness (QED) is 0.602. The summed E-state index contributed by atoms with van der Waals surface area (Å²) in [7, 11) is 0. The van der Waals surface area contributed by atoms with Crippen molar-refractivity contribution in [3.05, 3.63) is 0 Å². The number of rotatable bonds is 9. The first-order chi connectivity index (χ1) is 12.6. The van der Waals surface area contributed by atoms with Crippen LogP contribution in [0.25, 0.3) is 0 Å². The molecule has 0 radical (unpaired) electrons. The molecule has 0 aromatic heterocycles. The summed E-state index contributed by atoms with van der Waals surface area (Å²) in [6, 6.07) is -0.123. The fourth-order valence-electron chi connectivity index (χ4n) is 3.59. The van der Waals surface area contributed by atoms with Crippen LogP contribution >= 0.6 is 0 Å². The fourth-order valence-corrected chi connectivity index (χ4v) is 3.59. The number of amides is 2. The van der Waals surface area contributed by atoms with Crippen molar-refractivity contribution < 1.29 is 14.3 Å². The maximum Gasteiger partial charge on any atom is 0.237 e. The van der Waals surface area contributed by atoms with Gasteiger partial charge in [-0.3, -0.25) is 19.4 Å². The summed E-state index contributed by atoms with van der Waals surface area (Å²) >= 11 is 0. The average molecular weight is 369 g/mol. The smallest absolute Gasteiger partial charge is 0.237 e. The molecule has 150 valence electrons. The Morgan fingerprint density at radius 3 is 2.38 bits per heavy atom. The molecule has 0 aromatic rings. The third-order valence-corrected chi connectivity index (χ3v) is 5.37. The van der Waals surface area contributed by atoms with Crippen LogP contribution in [0.15, 0.2) is 0 Å². The van der Waals surface area contributed by atoms with E-state index in [9.17, 15) is 9.59 Å². The summed E-state index contributed by atoms with van der Waals surface area (Å²) < 4.78 is 5.28. The van der Waals surface area contributed by atoms with Gasteiger partial charge in [0.15, 0.2) is 0 Å². The summed E-state index contributed by atoms with van der Waals surface area (Å²) in [6.45, 7) is 11.7. The van der Waals surface area contributed by atoms with Gasteiger partial charge in [0.25, 0.3) is 0 Å². The first kappa shape index (κ1) is 21.1. The molecule has 26 heavy (non-hydrogen) atoms. The number of hydrogen-bond acceptors (Lipinski definition) is 5. The van der Waals surface area contributed by atoms with E-state index in [1.807, 2.05) is 18.7 Å². The van der Waals surface area contributed by atoms with Crippen molar-refractivity contribution >= 4 is 11.8 Å². The lowest BCUT2D eigenvalue weighted by Crippen LogP contribution is -2.55. The van der Waals surface area contributed by atoms with E-state index in [0.717, 1.165) is 65.1 Å².